The van der Waals surface area contributed by atoms with Crippen molar-refractivity contribution in [2.45, 2.75) is 0 Å². The lowest BCUT2D eigenvalue weighted by Crippen LogP contribution is -2.05. The average molecular weight is 320 g/mol. The summed E-state index contributed by atoms with van der Waals surface area (Å²) < 4.78 is 10.1. The molecule has 0 radical (unpaired) electrons. The molecule has 0 amide bonds. The Morgan fingerprint density at radius 3 is 1.71 bits per heavy atom. The number of ketones is 1. The molecule has 9 heteroatoms. The van der Waals surface area contributed by atoms with Crippen molar-refractivity contribution in [3.63, 3.8) is 0 Å². The normalized spacial score (nSPS) is 10.7. The van der Waals surface area contributed by atoms with Gasteiger partial charge in [-0.2, -0.15) is 9.97 Å². The van der Waals surface area contributed by atoms with Crippen LogP contribution >= 0.6 is 0 Å². The first-order chi connectivity index (χ1) is 11.8. The van der Waals surface area contributed by atoms with Crippen LogP contribution < -0.4 is 0 Å². The highest BCUT2D eigenvalue weighted by Gasteiger charge is 2.23. The third-order valence-electron chi connectivity index (χ3n) is 3.08. The maximum atomic E-state index is 12.3. The van der Waals surface area contributed by atoms with Crippen molar-refractivity contribution in [3.8, 4) is 22.9 Å². The second kappa shape index (κ2) is 5.80. The smallest absolute Gasteiger partial charge is 0.274 e. The molecule has 0 N–H and O–H groups in total. The van der Waals surface area contributed by atoms with Gasteiger partial charge in [-0.1, -0.05) is 10.3 Å². The Morgan fingerprint density at radius 2 is 1.29 bits per heavy atom. The first-order valence-electron chi connectivity index (χ1n) is 6.84. The average Bonchev–Trinajstić information content (AvgIpc) is 3.33. The van der Waals surface area contributed by atoms with E-state index in [1.54, 1.807) is 49.1 Å². The second-order valence-electron chi connectivity index (χ2n) is 4.66. The highest BCUT2D eigenvalue weighted by molar-refractivity contribution is 6.03. The lowest BCUT2D eigenvalue weighted by atomic mass is 10.3. The Labute approximate surface area is 134 Å². The van der Waals surface area contributed by atoms with Gasteiger partial charge in [-0.05, 0) is 24.3 Å². The minimum absolute atomic E-state index is 0.160. The molecule has 0 aliphatic carbocycles. The number of aromatic nitrogens is 6. The van der Waals surface area contributed by atoms with E-state index in [2.05, 4.69) is 30.2 Å². The molecule has 0 bridgehead atoms. The molecular formula is C15H8N6O3. The van der Waals surface area contributed by atoms with E-state index in [9.17, 15) is 4.79 Å². The maximum absolute atomic E-state index is 12.3. The number of hydrogen-bond acceptors (Lipinski definition) is 9. The highest BCUT2D eigenvalue weighted by Crippen LogP contribution is 2.18. The van der Waals surface area contributed by atoms with Gasteiger partial charge in [0.05, 0.1) is 11.1 Å². The van der Waals surface area contributed by atoms with Gasteiger partial charge >= 0.3 is 0 Å². The lowest BCUT2D eigenvalue weighted by molar-refractivity contribution is 0.101. The first kappa shape index (κ1) is 13.9. The Balaban J connectivity index is 1.61. The molecule has 4 aromatic rings. The van der Waals surface area contributed by atoms with Crippen molar-refractivity contribution in [2.75, 3.05) is 0 Å². The van der Waals surface area contributed by atoms with E-state index in [0.29, 0.717) is 11.1 Å². The SMILES string of the molecule is O=C(c1noc(-c2cccnc2)n1)c1noc(-c2cccnc2)n1. The fourth-order valence-corrected chi connectivity index (χ4v) is 1.94. The topological polar surface area (TPSA) is 121 Å². The maximum Gasteiger partial charge on any atom is 0.274 e. The van der Waals surface area contributed by atoms with Gasteiger partial charge in [-0.15, -0.1) is 0 Å². The monoisotopic (exact) mass is 320 g/mol. The van der Waals surface area contributed by atoms with E-state index in [1.165, 1.54) is 0 Å². The van der Waals surface area contributed by atoms with E-state index in [1.807, 2.05) is 0 Å². The summed E-state index contributed by atoms with van der Waals surface area (Å²) in [7, 11) is 0. The van der Waals surface area contributed by atoms with Crippen molar-refractivity contribution in [1.82, 2.24) is 30.2 Å². The largest absolute Gasteiger partial charge is 0.333 e. The van der Waals surface area contributed by atoms with Crippen LogP contribution in [0.3, 0.4) is 0 Å². The molecule has 0 spiro atoms. The van der Waals surface area contributed by atoms with Gasteiger partial charge in [0.2, 0.25) is 11.6 Å². The van der Waals surface area contributed by atoms with Gasteiger partial charge in [0.1, 0.15) is 0 Å². The van der Waals surface area contributed by atoms with Crippen molar-refractivity contribution in [2.24, 2.45) is 0 Å². The van der Waals surface area contributed by atoms with Gasteiger partial charge in [0.25, 0.3) is 17.6 Å². The summed E-state index contributed by atoms with van der Waals surface area (Å²) in [5.74, 6) is -0.558. The van der Waals surface area contributed by atoms with Crippen LogP contribution in [-0.2, 0) is 0 Å². The molecular weight excluding hydrogens is 312 g/mol. The summed E-state index contributed by atoms with van der Waals surface area (Å²) in [4.78, 5) is 28.3. The number of rotatable bonds is 4. The molecule has 4 aromatic heterocycles. The van der Waals surface area contributed by atoms with Crippen LogP contribution in [0, 0.1) is 0 Å². The quantitative estimate of drug-likeness (QED) is 0.518. The summed E-state index contributed by atoms with van der Waals surface area (Å²) in [5, 5.41) is 7.31. The van der Waals surface area contributed by atoms with Crippen LogP contribution in [0.25, 0.3) is 22.9 Å². The summed E-state index contributed by atoms with van der Waals surface area (Å²) >= 11 is 0. The standard InChI is InChI=1S/C15H8N6O3/c22-11(12-18-14(23-20-12)9-3-1-5-16-7-9)13-19-15(24-21-13)10-4-2-6-17-8-10/h1-8H. The first-order valence-corrected chi connectivity index (χ1v) is 6.84. The molecule has 0 atom stereocenters. The number of carbonyl (C=O) groups excluding carboxylic acids is 1. The van der Waals surface area contributed by atoms with Crippen LogP contribution in [0.15, 0.2) is 58.1 Å². The molecule has 116 valence electrons. The zero-order valence-electron chi connectivity index (χ0n) is 12.0. The number of carbonyl (C=O) groups is 1. The van der Waals surface area contributed by atoms with Gasteiger partial charge < -0.3 is 9.05 Å². The molecule has 0 unspecified atom stereocenters. The molecule has 4 rings (SSSR count). The van der Waals surface area contributed by atoms with Crippen molar-refractivity contribution >= 4 is 5.78 Å². The van der Waals surface area contributed by atoms with E-state index >= 15 is 0 Å². The van der Waals surface area contributed by atoms with Crippen LogP contribution in [0.4, 0.5) is 0 Å². The predicted molar refractivity (Wildman–Crippen MR) is 78.5 cm³/mol. The van der Waals surface area contributed by atoms with E-state index in [0.717, 1.165) is 0 Å². The minimum atomic E-state index is -0.604. The molecule has 24 heavy (non-hydrogen) atoms. The Hall–Kier alpha value is -3.75. The fraction of sp³-hybridized carbons (Fsp3) is 0. The molecule has 0 aliphatic rings. The van der Waals surface area contributed by atoms with E-state index in [-0.39, 0.29) is 23.4 Å². The van der Waals surface area contributed by atoms with Crippen LogP contribution in [0.1, 0.15) is 16.4 Å². The summed E-state index contributed by atoms with van der Waals surface area (Å²) in [6.07, 6.45) is 6.34. The highest BCUT2D eigenvalue weighted by atomic mass is 16.5. The summed E-state index contributed by atoms with van der Waals surface area (Å²) in [6.45, 7) is 0. The van der Waals surface area contributed by atoms with E-state index in [4.69, 9.17) is 9.05 Å². The Morgan fingerprint density at radius 1 is 0.792 bits per heavy atom. The van der Waals surface area contributed by atoms with Crippen molar-refractivity contribution in [1.29, 1.82) is 0 Å². The fourth-order valence-electron chi connectivity index (χ4n) is 1.94. The van der Waals surface area contributed by atoms with Crippen molar-refractivity contribution in [3.05, 3.63) is 60.7 Å². The molecule has 9 nitrogen and oxygen atoms in total. The van der Waals surface area contributed by atoms with Gasteiger partial charge in [-0.3, -0.25) is 14.8 Å². The minimum Gasteiger partial charge on any atom is -0.333 e. The Kier molecular flexibility index (Phi) is 3.35. The lowest BCUT2D eigenvalue weighted by Gasteiger charge is -1.90. The second-order valence-corrected chi connectivity index (χ2v) is 4.66. The van der Waals surface area contributed by atoms with E-state index < -0.39 is 5.78 Å². The Bertz CT molecular complexity index is 901. The predicted octanol–water partition coefficient (Wildman–Crippen LogP) is 1.81. The zero-order valence-corrected chi connectivity index (χ0v) is 12.0. The van der Waals surface area contributed by atoms with Crippen LogP contribution in [0.5, 0.6) is 0 Å². The van der Waals surface area contributed by atoms with Gasteiger partial charge in [-0.25, -0.2) is 0 Å². The third-order valence-corrected chi connectivity index (χ3v) is 3.08. The molecule has 0 aliphatic heterocycles. The van der Waals surface area contributed by atoms with Gasteiger partial charge in [0, 0.05) is 24.8 Å². The summed E-state index contributed by atoms with van der Waals surface area (Å²) in [5.41, 5.74) is 1.21. The molecule has 0 saturated carbocycles. The molecule has 4 heterocycles. The summed E-state index contributed by atoms with van der Waals surface area (Å²) in [6, 6.07) is 6.92. The van der Waals surface area contributed by atoms with Gasteiger partial charge in [0.15, 0.2) is 0 Å². The molecule has 0 saturated heterocycles. The zero-order chi connectivity index (χ0) is 16.4. The van der Waals surface area contributed by atoms with Crippen LogP contribution in [0.2, 0.25) is 0 Å². The van der Waals surface area contributed by atoms with Crippen LogP contribution in [-0.4, -0.2) is 36.0 Å². The number of pyridine rings is 2. The molecule has 0 fully saturated rings. The number of hydrogen-bond donors (Lipinski definition) is 0. The third kappa shape index (κ3) is 2.54. The number of nitrogens with zero attached hydrogens (tertiary/aromatic N) is 6. The van der Waals surface area contributed by atoms with Crippen molar-refractivity contribution < 1.29 is 13.8 Å². The molecule has 0 aromatic carbocycles.